The minimum Gasteiger partial charge on any atom is -0.337 e. The number of rotatable bonds is 6. The molecule has 0 unspecified atom stereocenters. The van der Waals surface area contributed by atoms with Gasteiger partial charge in [0.1, 0.15) is 5.82 Å². The van der Waals surface area contributed by atoms with Crippen molar-refractivity contribution in [3.8, 4) is 5.82 Å². The molecule has 1 aliphatic heterocycles. The summed E-state index contributed by atoms with van der Waals surface area (Å²) >= 11 is 1.79. The zero-order chi connectivity index (χ0) is 22.0. The first-order valence-electron chi connectivity index (χ1n) is 10.9. The molecule has 0 bridgehead atoms. The number of carbonyl (C=O) groups is 1. The molecule has 7 heteroatoms. The van der Waals surface area contributed by atoms with Crippen LogP contribution in [-0.4, -0.2) is 56.2 Å². The van der Waals surface area contributed by atoms with Crippen LogP contribution < -0.4 is 0 Å². The summed E-state index contributed by atoms with van der Waals surface area (Å²) in [6, 6.07) is 8.72. The van der Waals surface area contributed by atoms with E-state index in [-0.39, 0.29) is 11.9 Å². The Balaban J connectivity index is 1.41. The number of nitrogens with zero attached hydrogens (tertiary/aromatic N) is 5. The molecule has 0 spiro atoms. The Morgan fingerprint density at radius 3 is 2.65 bits per heavy atom. The molecule has 6 nitrogen and oxygen atoms in total. The predicted molar refractivity (Wildman–Crippen MR) is 127 cm³/mol. The minimum atomic E-state index is 0.0906. The second-order valence-corrected chi connectivity index (χ2v) is 9.44. The Bertz CT molecular complexity index is 1050. The van der Waals surface area contributed by atoms with Gasteiger partial charge < -0.3 is 9.47 Å². The van der Waals surface area contributed by atoms with E-state index in [0.717, 1.165) is 55.5 Å². The van der Waals surface area contributed by atoms with Gasteiger partial charge in [0.15, 0.2) is 0 Å². The number of thiophene rings is 1. The van der Waals surface area contributed by atoms with Crippen LogP contribution in [0, 0.1) is 13.8 Å². The molecule has 1 aliphatic rings. The molecule has 31 heavy (non-hydrogen) atoms. The zero-order valence-corrected chi connectivity index (χ0v) is 19.6. The van der Waals surface area contributed by atoms with Gasteiger partial charge in [-0.25, -0.2) is 4.68 Å². The predicted octanol–water partition coefficient (Wildman–Crippen LogP) is 4.29. The first-order valence-corrected chi connectivity index (χ1v) is 11.8. The molecule has 0 aliphatic carbocycles. The van der Waals surface area contributed by atoms with E-state index in [1.54, 1.807) is 17.4 Å². The standard InChI is InChI=1S/C24H31N5OS/c1-18(2)29-23(9-10-25-29)28-19(3)16-21(20(28)4)7-8-24(30)27-13-11-26(12-14-27)17-22-6-5-15-31-22/h5-10,15-16,18H,11-14,17H2,1-4H3/b8-7+. The van der Waals surface area contributed by atoms with E-state index < -0.39 is 0 Å². The van der Waals surface area contributed by atoms with Gasteiger partial charge in [-0.2, -0.15) is 5.10 Å². The zero-order valence-electron chi connectivity index (χ0n) is 18.8. The number of piperazine rings is 1. The lowest BCUT2D eigenvalue weighted by molar-refractivity contribution is -0.127. The fourth-order valence-electron chi connectivity index (χ4n) is 4.21. The lowest BCUT2D eigenvalue weighted by Gasteiger charge is -2.33. The van der Waals surface area contributed by atoms with Crippen molar-refractivity contribution in [2.45, 2.75) is 40.3 Å². The highest BCUT2D eigenvalue weighted by Gasteiger charge is 2.20. The smallest absolute Gasteiger partial charge is 0.246 e. The third-order valence-electron chi connectivity index (χ3n) is 5.89. The summed E-state index contributed by atoms with van der Waals surface area (Å²) < 4.78 is 4.23. The maximum atomic E-state index is 12.8. The first-order chi connectivity index (χ1) is 14.9. The van der Waals surface area contributed by atoms with Crippen molar-refractivity contribution in [2.24, 2.45) is 0 Å². The number of carbonyl (C=O) groups excluding carboxylic acids is 1. The van der Waals surface area contributed by atoms with Crippen LogP contribution in [0.2, 0.25) is 0 Å². The fourth-order valence-corrected chi connectivity index (χ4v) is 4.95. The highest BCUT2D eigenvalue weighted by Crippen LogP contribution is 2.23. The molecule has 0 atom stereocenters. The van der Waals surface area contributed by atoms with Crippen LogP contribution in [0.25, 0.3) is 11.9 Å². The normalized spacial score (nSPS) is 15.5. The van der Waals surface area contributed by atoms with Gasteiger partial charge in [0.05, 0.1) is 6.20 Å². The number of hydrogen-bond acceptors (Lipinski definition) is 4. The van der Waals surface area contributed by atoms with E-state index >= 15 is 0 Å². The summed E-state index contributed by atoms with van der Waals surface area (Å²) in [5, 5.41) is 6.58. The molecule has 1 saturated heterocycles. The number of amides is 1. The molecule has 3 aromatic heterocycles. The highest BCUT2D eigenvalue weighted by molar-refractivity contribution is 7.09. The summed E-state index contributed by atoms with van der Waals surface area (Å²) in [6.45, 7) is 12.8. The van der Waals surface area contributed by atoms with Gasteiger partial charge in [-0.1, -0.05) is 6.07 Å². The molecule has 164 valence electrons. The van der Waals surface area contributed by atoms with E-state index in [2.05, 4.69) is 65.8 Å². The molecule has 1 amide bonds. The van der Waals surface area contributed by atoms with Crippen molar-refractivity contribution in [1.29, 1.82) is 0 Å². The van der Waals surface area contributed by atoms with Crippen LogP contribution in [0.4, 0.5) is 0 Å². The van der Waals surface area contributed by atoms with Crippen LogP contribution in [-0.2, 0) is 11.3 Å². The Kier molecular flexibility index (Phi) is 6.43. The van der Waals surface area contributed by atoms with Gasteiger partial charge in [0, 0.05) is 67.2 Å². The lowest BCUT2D eigenvalue weighted by atomic mass is 10.2. The van der Waals surface area contributed by atoms with Crippen molar-refractivity contribution in [3.63, 3.8) is 0 Å². The summed E-state index contributed by atoms with van der Waals surface area (Å²) in [5.41, 5.74) is 3.32. The van der Waals surface area contributed by atoms with Crippen LogP contribution in [0.15, 0.2) is 41.9 Å². The molecule has 0 N–H and O–H groups in total. The van der Waals surface area contributed by atoms with E-state index in [0.29, 0.717) is 0 Å². The van der Waals surface area contributed by atoms with Crippen molar-refractivity contribution < 1.29 is 4.79 Å². The molecule has 0 saturated carbocycles. The van der Waals surface area contributed by atoms with E-state index in [1.807, 2.05) is 27.9 Å². The number of aromatic nitrogens is 3. The molecule has 4 heterocycles. The highest BCUT2D eigenvalue weighted by atomic mass is 32.1. The van der Waals surface area contributed by atoms with Crippen molar-refractivity contribution >= 4 is 23.3 Å². The summed E-state index contributed by atoms with van der Waals surface area (Å²) in [4.78, 5) is 18.5. The maximum Gasteiger partial charge on any atom is 0.246 e. The van der Waals surface area contributed by atoms with E-state index in [1.165, 1.54) is 4.88 Å². The molecule has 3 aromatic rings. The minimum absolute atomic E-state index is 0.0906. The topological polar surface area (TPSA) is 46.3 Å². The van der Waals surface area contributed by atoms with Crippen LogP contribution in [0.3, 0.4) is 0 Å². The van der Waals surface area contributed by atoms with Gasteiger partial charge in [-0.05, 0) is 56.8 Å². The quantitative estimate of drug-likeness (QED) is 0.541. The summed E-state index contributed by atoms with van der Waals surface area (Å²) in [6.07, 6.45) is 5.52. The molecule has 1 fully saturated rings. The molecular weight excluding hydrogens is 406 g/mol. The average Bonchev–Trinajstić information content (AvgIpc) is 3.48. The molecular formula is C24H31N5OS. The maximum absolute atomic E-state index is 12.8. The molecule has 0 radical (unpaired) electrons. The Morgan fingerprint density at radius 2 is 1.97 bits per heavy atom. The van der Waals surface area contributed by atoms with Gasteiger partial charge in [-0.15, -0.1) is 11.3 Å². The monoisotopic (exact) mass is 437 g/mol. The van der Waals surface area contributed by atoms with E-state index in [9.17, 15) is 4.79 Å². The Morgan fingerprint density at radius 1 is 1.19 bits per heavy atom. The van der Waals surface area contributed by atoms with Crippen LogP contribution in [0.1, 0.15) is 41.7 Å². The van der Waals surface area contributed by atoms with Gasteiger partial charge in [-0.3, -0.25) is 9.69 Å². The summed E-state index contributed by atoms with van der Waals surface area (Å²) in [7, 11) is 0. The average molecular weight is 438 g/mol. The second kappa shape index (κ2) is 9.24. The van der Waals surface area contributed by atoms with Gasteiger partial charge in [0.2, 0.25) is 5.91 Å². The van der Waals surface area contributed by atoms with Crippen molar-refractivity contribution in [2.75, 3.05) is 26.2 Å². The molecule has 0 aromatic carbocycles. The van der Waals surface area contributed by atoms with Crippen molar-refractivity contribution in [3.05, 3.63) is 63.7 Å². The fraction of sp³-hybridized carbons (Fsp3) is 0.417. The van der Waals surface area contributed by atoms with Gasteiger partial charge >= 0.3 is 0 Å². The lowest BCUT2D eigenvalue weighted by Crippen LogP contribution is -2.47. The van der Waals surface area contributed by atoms with Crippen LogP contribution >= 0.6 is 11.3 Å². The second-order valence-electron chi connectivity index (χ2n) is 8.40. The Labute approximate surface area is 188 Å². The molecule has 4 rings (SSSR count). The van der Waals surface area contributed by atoms with Gasteiger partial charge in [0.25, 0.3) is 0 Å². The Hall–Kier alpha value is -2.64. The summed E-state index contributed by atoms with van der Waals surface area (Å²) in [5.74, 6) is 1.14. The van der Waals surface area contributed by atoms with Crippen molar-refractivity contribution in [1.82, 2.24) is 24.1 Å². The third kappa shape index (κ3) is 4.67. The number of aryl methyl sites for hydroxylation is 1. The SMILES string of the molecule is Cc1cc(/C=C/C(=O)N2CCN(Cc3cccs3)CC2)c(C)n1-c1ccnn1C(C)C. The third-order valence-corrected chi connectivity index (χ3v) is 6.75. The number of hydrogen-bond donors (Lipinski definition) is 0. The van der Waals surface area contributed by atoms with E-state index in [4.69, 9.17) is 0 Å². The largest absolute Gasteiger partial charge is 0.337 e. The first kappa shape index (κ1) is 21.6. The van der Waals surface area contributed by atoms with Crippen LogP contribution in [0.5, 0.6) is 0 Å².